The molecule has 0 aliphatic carbocycles. The van der Waals surface area contributed by atoms with Crippen molar-refractivity contribution in [1.82, 2.24) is 14.9 Å². The van der Waals surface area contributed by atoms with Crippen LogP contribution in [0.5, 0.6) is 0 Å². The van der Waals surface area contributed by atoms with E-state index in [2.05, 4.69) is 10.3 Å². The van der Waals surface area contributed by atoms with Crippen LogP contribution in [0.25, 0.3) is 0 Å². The van der Waals surface area contributed by atoms with Crippen LogP contribution in [0.2, 0.25) is 0 Å². The van der Waals surface area contributed by atoms with Crippen molar-refractivity contribution in [3.63, 3.8) is 0 Å². The zero-order valence-corrected chi connectivity index (χ0v) is 9.53. The van der Waals surface area contributed by atoms with E-state index >= 15 is 0 Å². The minimum atomic E-state index is 0.0891. The maximum Gasteiger partial charge on any atom is 0.256 e. The van der Waals surface area contributed by atoms with E-state index in [9.17, 15) is 4.79 Å². The molecule has 0 saturated heterocycles. The smallest absolute Gasteiger partial charge is 0.256 e. The van der Waals surface area contributed by atoms with E-state index in [1.165, 1.54) is 0 Å². The molecule has 0 aromatic carbocycles. The Hall–Kier alpha value is -1.20. The van der Waals surface area contributed by atoms with E-state index in [0.29, 0.717) is 26.3 Å². The summed E-state index contributed by atoms with van der Waals surface area (Å²) in [7, 11) is 0. The molecule has 1 aromatic rings. The third-order valence-corrected chi connectivity index (χ3v) is 2.75. The number of fused-ring (bicyclic) bond motifs is 1. The van der Waals surface area contributed by atoms with Crippen molar-refractivity contribution in [2.45, 2.75) is 26.4 Å². The molecule has 88 valence electrons. The molecule has 0 amide bonds. The third-order valence-electron chi connectivity index (χ3n) is 2.75. The molecule has 1 aliphatic rings. The van der Waals surface area contributed by atoms with Crippen LogP contribution in [-0.2, 0) is 24.2 Å². The predicted octanol–water partition coefficient (Wildman–Crippen LogP) is -0.0745. The monoisotopic (exact) mass is 223 g/mol. The minimum Gasteiger partial charge on any atom is -0.380 e. The van der Waals surface area contributed by atoms with Crippen LogP contribution >= 0.6 is 0 Å². The van der Waals surface area contributed by atoms with Crippen LogP contribution in [0.1, 0.15) is 18.2 Å². The lowest BCUT2D eigenvalue weighted by Gasteiger charge is -2.16. The van der Waals surface area contributed by atoms with Gasteiger partial charge >= 0.3 is 0 Å². The Kier molecular flexibility index (Phi) is 3.69. The second kappa shape index (κ2) is 5.23. The highest BCUT2D eigenvalue weighted by atomic mass is 16.5. The lowest BCUT2D eigenvalue weighted by atomic mass is 10.1. The van der Waals surface area contributed by atoms with Gasteiger partial charge in [-0.3, -0.25) is 9.36 Å². The fraction of sp³-hybridized carbons (Fsp3) is 0.636. The Morgan fingerprint density at radius 2 is 2.50 bits per heavy atom. The van der Waals surface area contributed by atoms with Crippen LogP contribution in [-0.4, -0.2) is 29.3 Å². The van der Waals surface area contributed by atoms with Gasteiger partial charge in [-0.15, -0.1) is 0 Å². The van der Waals surface area contributed by atoms with Crippen molar-refractivity contribution in [1.29, 1.82) is 0 Å². The van der Waals surface area contributed by atoms with Crippen LogP contribution in [0, 0.1) is 0 Å². The SMILES string of the molecule is CCOCCn1cnc2c(c1=O)CCNC2. The third kappa shape index (κ3) is 2.31. The molecule has 0 atom stereocenters. The summed E-state index contributed by atoms with van der Waals surface area (Å²) in [6.45, 7) is 5.34. The van der Waals surface area contributed by atoms with Gasteiger partial charge in [-0.25, -0.2) is 4.98 Å². The summed E-state index contributed by atoms with van der Waals surface area (Å²) < 4.78 is 6.88. The molecule has 5 nitrogen and oxygen atoms in total. The Balaban J connectivity index is 2.17. The van der Waals surface area contributed by atoms with Gasteiger partial charge in [0.2, 0.25) is 0 Å². The molecule has 0 spiro atoms. The van der Waals surface area contributed by atoms with Crippen LogP contribution in [0.4, 0.5) is 0 Å². The highest BCUT2D eigenvalue weighted by molar-refractivity contribution is 5.19. The summed E-state index contributed by atoms with van der Waals surface area (Å²) in [4.78, 5) is 16.4. The van der Waals surface area contributed by atoms with Gasteiger partial charge in [0.15, 0.2) is 0 Å². The van der Waals surface area contributed by atoms with E-state index in [0.717, 1.165) is 24.2 Å². The second-order valence-electron chi connectivity index (χ2n) is 3.79. The van der Waals surface area contributed by atoms with Crippen molar-refractivity contribution < 1.29 is 4.74 Å². The average Bonchev–Trinajstić information content (AvgIpc) is 2.33. The molecule has 0 bridgehead atoms. The predicted molar refractivity (Wildman–Crippen MR) is 60.4 cm³/mol. The molecule has 0 radical (unpaired) electrons. The first-order chi connectivity index (χ1) is 7.83. The number of nitrogens with zero attached hydrogens (tertiary/aromatic N) is 2. The Morgan fingerprint density at radius 1 is 1.62 bits per heavy atom. The number of hydrogen-bond acceptors (Lipinski definition) is 4. The van der Waals surface area contributed by atoms with Crippen molar-refractivity contribution >= 4 is 0 Å². The highest BCUT2D eigenvalue weighted by Gasteiger charge is 2.14. The molecular weight excluding hydrogens is 206 g/mol. The molecule has 1 N–H and O–H groups in total. The van der Waals surface area contributed by atoms with Crippen LogP contribution in [0.3, 0.4) is 0 Å². The second-order valence-corrected chi connectivity index (χ2v) is 3.79. The fourth-order valence-corrected chi connectivity index (χ4v) is 1.86. The molecule has 0 fully saturated rings. The van der Waals surface area contributed by atoms with Crippen molar-refractivity contribution in [3.8, 4) is 0 Å². The molecule has 2 rings (SSSR count). The van der Waals surface area contributed by atoms with Gasteiger partial charge in [-0.2, -0.15) is 0 Å². The van der Waals surface area contributed by atoms with E-state index < -0.39 is 0 Å². The molecule has 2 heterocycles. The molecule has 0 unspecified atom stereocenters. The number of aromatic nitrogens is 2. The average molecular weight is 223 g/mol. The van der Waals surface area contributed by atoms with Gasteiger partial charge in [0, 0.05) is 18.7 Å². The summed E-state index contributed by atoms with van der Waals surface area (Å²) >= 11 is 0. The largest absolute Gasteiger partial charge is 0.380 e. The Morgan fingerprint density at radius 3 is 3.31 bits per heavy atom. The first-order valence-electron chi connectivity index (χ1n) is 5.68. The number of hydrogen-bond donors (Lipinski definition) is 1. The standard InChI is InChI=1S/C11H17N3O2/c1-2-16-6-5-14-8-13-10-7-12-4-3-9(10)11(14)15/h8,12H,2-7H2,1H3. The van der Waals surface area contributed by atoms with E-state index in [4.69, 9.17) is 4.74 Å². The van der Waals surface area contributed by atoms with Crippen LogP contribution in [0.15, 0.2) is 11.1 Å². The molecule has 1 aliphatic heterocycles. The number of rotatable bonds is 4. The van der Waals surface area contributed by atoms with Crippen molar-refractivity contribution in [3.05, 3.63) is 27.9 Å². The van der Waals surface area contributed by atoms with Gasteiger partial charge in [0.25, 0.3) is 5.56 Å². The van der Waals surface area contributed by atoms with E-state index in [1.807, 2.05) is 6.92 Å². The Labute approximate surface area is 94.5 Å². The number of nitrogens with one attached hydrogen (secondary N) is 1. The molecule has 1 aromatic heterocycles. The van der Waals surface area contributed by atoms with Gasteiger partial charge in [0.1, 0.15) is 0 Å². The van der Waals surface area contributed by atoms with Gasteiger partial charge < -0.3 is 10.1 Å². The quantitative estimate of drug-likeness (QED) is 0.726. The summed E-state index contributed by atoms with van der Waals surface area (Å²) in [5.74, 6) is 0. The summed E-state index contributed by atoms with van der Waals surface area (Å²) in [5.41, 5.74) is 1.84. The molecular formula is C11H17N3O2. The van der Waals surface area contributed by atoms with Gasteiger partial charge in [0.05, 0.1) is 25.2 Å². The first-order valence-corrected chi connectivity index (χ1v) is 5.68. The number of ether oxygens (including phenoxy) is 1. The van der Waals surface area contributed by atoms with E-state index in [-0.39, 0.29) is 5.56 Å². The van der Waals surface area contributed by atoms with Crippen molar-refractivity contribution in [2.24, 2.45) is 0 Å². The highest BCUT2D eigenvalue weighted by Crippen LogP contribution is 2.05. The zero-order chi connectivity index (χ0) is 11.4. The Bertz CT molecular complexity index is 414. The lowest BCUT2D eigenvalue weighted by Crippen LogP contribution is -2.34. The fourth-order valence-electron chi connectivity index (χ4n) is 1.86. The maximum atomic E-state index is 12.0. The summed E-state index contributed by atoms with van der Waals surface area (Å²) in [6, 6.07) is 0. The molecule has 5 heteroatoms. The van der Waals surface area contributed by atoms with Crippen molar-refractivity contribution in [2.75, 3.05) is 19.8 Å². The lowest BCUT2D eigenvalue weighted by molar-refractivity contribution is 0.138. The summed E-state index contributed by atoms with van der Waals surface area (Å²) in [5, 5.41) is 3.20. The minimum absolute atomic E-state index is 0.0891. The van der Waals surface area contributed by atoms with Crippen LogP contribution < -0.4 is 10.9 Å². The maximum absolute atomic E-state index is 12.0. The zero-order valence-electron chi connectivity index (χ0n) is 9.53. The van der Waals surface area contributed by atoms with Gasteiger partial charge in [-0.1, -0.05) is 0 Å². The van der Waals surface area contributed by atoms with E-state index in [1.54, 1.807) is 10.9 Å². The first kappa shape index (κ1) is 11.3. The normalized spacial score (nSPS) is 14.8. The topological polar surface area (TPSA) is 56.2 Å². The van der Waals surface area contributed by atoms with Gasteiger partial charge in [-0.05, 0) is 19.9 Å². The molecule has 0 saturated carbocycles. The summed E-state index contributed by atoms with van der Waals surface area (Å²) in [6.07, 6.45) is 2.39. The molecule has 16 heavy (non-hydrogen) atoms.